The van der Waals surface area contributed by atoms with E-state index in [1.165, 1.54) is 12.1 Å². The minimum absolute atomic E-state index is 0.241. The van der Waals surface area contributed by atoms with Crippen LogP contribution in [0.1, 0.15) is 17.5 Å². The zero-order valence-corrected chi connectivity index (χ0v) is 8.04. The molecule has 1 aromatic rings. The molecule has 0 unspecified atom stereocenters. The zero-order chi connectivity index (χ0) is 10.4. The lowest BCUT2D eigenvalue weighted by atomic mass is 10.1. The van der Waals surface area contributed by atoms with Gasteiger partial charge in [-0.1, -0.05) is 18.2 Å². The Balaban J connectivity index is 2.87. The molecule has 2 nitrogen and oxygen atoms in total. The van der Waals surface area contributed by atoms with E-state index in [0.29, 0.717) is 13.1 Å². The van der Waals surface area contributed by atoms with Crippen LogP contribution in [0.3, 0.4) is 0 Å². The van der Waals surface area contributed by atoms with Gasteiger partial charge < -0.3 is 11.5 Å². The van der Waals surface area contributed by atoms with Crippen LogP contribution in [-0.2, 0) is 6.54 Å². The van der Waals surface area contributed by atoms with Crippen LogP contribution in [0, 0.1) is 5.82 Å². The number of hydrogen-bond acceptors (Lipinski definition) is 2. The highest BCUT2D eigenvalue weighted by atomic mass is 19.1. The standard InChI is InChI=1S/C11H15FN2/c12-11-5-4-10(8-14)9(7-11)3-1-2-6-13/h1,3-5,7H,2,6,8,13-14H2. The lowest BCUT2D eigenvalue weighted by Crippen LogP contribution is -1.99. The largest absolute Gasteiger partial charge is 0.330 e. The number of hydrogen-bond donors (Lipinski definition) is 2. The molecule has 0 saturated heterocycles. The van der Waals surface area contributed by atoms with Gasteiger partial charge in [-0.15, -0.1) is 0 Å². The second-order valence-electron chi connectivity index (χ2n) is 3.03. The molecule has 0 atom stereocenters. The first-order valence-corrected chi connectivity index (χ1v) is 4.63. The van der Waals surface area contributed by atoms with Crippen molar-refractivity contribution in [2.45, 2.75) is 13.0 Å². The zero-order valence-electron chi connectivity index (χ0n) is 8.04. The van der Waals surface area contributed by atoms with E-state index < -0.39 is 0 Å². The summed E-state index contributed by atoms with van der Waals surface area (Å²) in [6, 6.07) is 4.61. The second kappa shape index (κ2) is 5.52. The minimum atomic E-state index is -0.241. The SMILES string of the molecule is NCCC=Cc1cc(F)ccc1CN. The monoisotopic (exact) mass is 194 g/mol. The van der Waals surface area contributed by atoms with Crippen LogP contribution in [0.2, 0.25) is 0 Å². The van der Waals surface area contributed by atoms with Crippen molar-refractivity contribution >= 4 is 6.08 Å². The third-order valence-corrected chi connectivity index (χ3v) is 1.96. The van der Waals surface area contributed by atoms with Gasteiger partial charge in [0, 0.05) is 6.54 Å². The summed E-state index contributed by atoms with van der Waals surface area (Å²) in [6.45, 7) is 1.02. The van der Waals surface area contributed by atoms with E-state index in [4.69, 9.17) is 11.5 Å². The molecule has 0 amide bonds. The van der Waals surface area contributed by atoms with Crippen molar-refractivity contribution < 1.29 is 4.39 Å². The normalized spacial score (nSPS) is 11.1. The third-order valence-electron chi connectivity index (χ3n) is 1.96. The molecular weight excluding hydrogens is 179 g/mol. The van der Waals surface area contributed by atoms with Gasteiger partial charge in [-0.05, 0) is 36.2 Å². The van der Waals surface area contributed by atoms with Gasteiger partial charge in [0.25, 0.3) is 0 Å². The fourth-order valence-electron chi connectivity index (χ4n) is 1.21. The molecule has 0 heterocycles. The highest BCUT2D eigenvalue weighted by Crippen LogP contribution is 2.12. The van der Waals surface area contributed by atoms with Crippen molar-refractivity contribution in [2.75, 3.05) is 6.54 Å². The molecule has 0 fully saturated rings. The van der Waals surface area contributed by atoms with E-state index in [0.717, 1.165) is 17.5 Å². The fraction of sp³-hybridized carbons (Fsp3) is 0.273. The van der Waals surface area contributed by atoms with Gasteiger partial charge in [-0.3, -0.25) is 0 Å². The number of nitrogens with two attached hydrogens (primary N) is 2. The molecule has 0 aromatic heterocycles. The summed E-state index contributed by atoms with van der Waals surface area (Å²) in [5.74, 6) is -0.241. The summed E-state index contributed by atoms with van der Waals surface area (Å²) in [4.78, 5) is 0. The summed E-state index contributed by atoms with van der Waals surface area (Å²) in [5.41, 5.74) is 12.6. The summed E-state index contributed by atoms with van der Waals surface area (Å²) in [7, 11) is 0. The van der Waals surface area contributed by atoms with Crippen molar-refractivity contribution in [3.63, 3.8) is 0 Å². The fourth-order valence-corrected chi connectivity index (χ4v) is 1.21. The molecule has 1 rings (SSSR count). The van der Waals surface area contributed by atoms with E-state index in [1.54, 1.807) is 6.07 Å². The van der Waals surface area contributed by atoms with Gasteiger partial charge in [0.1, 0.15) is 5.82 Å². The molecule has 1 aromatic carbocycles. The Morgan fingerprint density at radius 2 is 2.07 bits per heavy atom. The van der Waals surface area contributed by atoms with Crippen molar-refractivity contribution in [3.05, 3.63) is 41.2 Å². The lowest BCUT2D eigenvalue weighted by Gasteiger charge is -2.02. The predicted molar refractivity (Wildman–Crippen MR) is 57.0 cm³/mol. The van der Waals surface area contributed by atoms with Crippen LogP contribution < -0.4 is 11.5 Å². The lowest BCUT2D eigenvalue weighted by molar-refractivity contribution is 0.626. The first-order valence-electron chi connectivity index (χ1n) is 4.63. The molecule has 0 aliphatic carbocycles. The Kier molecular flexibility index (Phi) is 4.29. The van der Waals surface area contributed by atoms with E-state index in [-0.39, 0.29) is 5.82 Å². The summed E-state index contributed by atoms with van der Waals surface area (Å²) < 4.78 is 12.9. The average Bonchev–Trinajstić information content (AvgIpc) is 2.19. The molecule has 0 bridgehead atoms. The van der Waals surface area contributed by atoms with E-state index >= 15 is 0 Å². The maximum atomic E-state index is 12.9. The Morgan fingerprint density at radius 3 is 2.71 bits per heavy atom. The van der Waals surface area contributed by atoms with Crippen LogP contribution in [-0.4, -0.2) is 6.54 Å². The molecule has 14 heavy (non-hydrogen) atoms. The van der Waals surface area contributed by atoms with Crippen LogP contribution >= 0.6 is 0 Å². The van der Waals surface area contributed by atoms with Gasteiger partial charge in [0.15, 0.2) is 0 Å². The van der Waals surface area contributed by atoms with Gasteiger partial charge in [-0.25, -0.2) is 4.39 Å². The molecule has 3 heteroatoms. The quantitative estimate of drug-likeness (QED) is 0.765. The van der Waals surface area contributed by atoms with Crippen molar-refractivity contribution in [1.82, 2.24) is 0 Å². The molecule has 0 radical (unpaired) electrons. The third kappa shape index (κ3) is 2.94. The maximum Gasteiger partial charge on any atom is 0.123 e. The van der Waals surface area contributed by atoms with E-state index in [9.17, 15) is 4.39 Å². The molecule has 0 spiro atoms. The topological polar surface area (TPSA) is 52.0 Å². The van der Waals surface area contributed by atoms with Crippen molar-refractivity contribution in [1.29, 1.82) is 0 Å². The van der Waals surface area contributed by atoms with Gasteiger partial charge in [-0.2, -0.15) is 0 Å². The summed E-state index contributed by atoms with van der Waals surface area (Å²) >= 11 is 0. The van der Waals surface area contributed by atoms with Gasteiger partial charge in [0.05, 0.1) is 0 Å². The first kappa shape index (κ1) is 10.9. The maximum absolute atomic E-state index is 12.9. The molecule has 0 aliphatic rings. The van der Waals surface area contributed by atoms with Crippen LogP contribution in [0.25, 0.3) is 6.08 Å². The van der Waals surface area contributed by atoms with Gasteiger partial charge >= 0.3 is 0 Å². The molecular formula is C11H15FN2. The number of halogens is 1. The van der Waals surface area contributed by atoms with Crippen LogP contribution in [0.4, 0.5) is 4.39 Å². The predicted octanol–water partition coefficient (Wildman–Crippen LogP) is 1.65. The van der Waals surface area contributed by atoms with E-state index in [1.807, 2.05) is 12.2 Å². The highest BCUT2D eigenvalue weighted by molar-refractivity contribution is 5.53. The van der Waals surface area contributed by atoms with Crippen molar-refractivity contribution in [3.8, 4) is 0 Å². The van der Waals surface area contributed by atoms with Crippen LogP contribution in [0.5, 0.6) is 0 Å². The Hall–Kier alpha value is -1.19. The smallest absolute Gasteiger partial charge is 0.123 e. The Bertz CT molecular complexity index is 321. The van der Waals surface area contributed by atoms with Crippen molar-refractivity contribution in [2.24, 2.45) is 11.5 Å². The Morgan fingerprint density at radius 1 is 1.29 bits per heavy atom. The number of rotatable bonds is 4. The van der Waals surface area contributed by atoms with E-state index in [2.05, 4.69) is 0 Å². The molecule has 4 N–H and O–H groups in total. The first-order chi connectivity index (χ1) is 6.77. The second-order valence-corrected chi connectivity index (χ2v) is 3.03. The average molecular weight is 194 g/mol. The molecule has 0 saturated carbocycles. The number of benzene rings is 1. The molecule has 0 aliphatic heterocycles. The molecule has 76 valence electrons. The Labute approximate surface area is 83.4 Å². The summed E-state index contributed by atoms with van der Waals surface area (Å²) in [5, 5.41) is 0. The van der Waals surface area contributed by atoms with Gasteiger partial charge in [0.2, 0.25) is 0 Å². The minimum Gasteiger partial charge on any atom is -0.330 e. The van der Waals surface area contributed by atoms with Crippen LogP contribution in [0.15, 0.2) is 24.3 Å². The highest BCUT2D eigenvalue weighted by Gasteiger charge is 1.98. The summed E-state index contributed by atoms with van der Waals surface area (Å²) in [6.07, 6.45) is 4.58.